The van der Waals surface area contributed by atoms with Crippen LogP contribution in [0.1, 0.15) is 31.4 Å². The molecule has 27 heavy (non-hydrogen) atoms. The van der Waals surface area contributed by atoms with Gasteiger partial charge in [-0.05, 0) is 57.0 Å². The maximum absolute atomic E-state index is 12.7. The Kier molecular flexibility index (Phi) is 5.65. The number of nitrogens with zero attached hydrogens (tertiary/aromatic N) is 1. The summed E-state index contributed by atoms with van der Waals surface area (Å²) in [6.07, 6.45) is -0.0258. The van der Waals surface area contributed by atoms with Crippen molar-refractivity contribution in [1.82, 2.24) is 4.57 Å². The summed E-state index contributed by atoms with van der Waals surface area (Å²) >= 11 is 1.19. The number of aryl methyl sites for hydroxylation is 3. The summed E-state index contributed by atoms with van der Waals surface area (Å²) in [5.74, 6) is 0.524. The van der Waals surface area contributed by atoms with Crippen LogP contribution in [0.3, 0.4) is 0 Å². The van der Waals surface area contributed by atoms with Crippen molar-refractivity contribution in [2.75, 3.05) is 5.32 Å². The molecule has 1 heterocycles. The minimum absolute atomic E-state index is 0.0144. The molecule has 0 fully saturated rings. The molecule has 0 saturated carbocycles. The zero-order valence-corrected chi connectivity index (χ0v) is 16.9. The van der Waals surface area contributed by atoms with Crippen molar-refractivity contribution >= 4 is 33.1 Å². The van der Waals surface area contributed by atoms with Gasteiger partial charge in [-0.25, -0.2) is 0 Å². The normalized spacial score (nSPS) is 12.1. The topological polar surface area (TPSA) is 60.3 Å². The molecule has 2 aromatic carbocycles. The largest absolute Gasteiger partial charge is 0.480 e. The minimum atomic E-state index is -0.582. The Hall–Kier alpha value is -2.60. The number of carbonyl (C=O) groups is 1. The third-order valence-corrected chi connectivity index (χ3v) is 5.46. The number of rotatable bonds is 6. The van der Waals surface area contributed by atoms with Crippen LogP contribution < -0.4 is 14.9 Å². The molecule has 0 bridgehead atoms. The van der Waals surface area contributed by atoms with Crippen LogP contribution in [0.2, 0.25) is 0 Å². The van der Waals surface area contributed by atoms with Crippen molar-refractivity contribution in [3.05, 3.63) is 57.2 Å². The smallest absolute Gasteiger partial charge is 0.308 e. The summed E-state index contributed by atoms with van der Waals surface area (Å²) in [6, 6.07) is 11.4. The van der Waals surface area contributed by atoms with E-state index in [0.29, 0.717) is 18.7 Å². The van der Waals surface area contributed by atoms with Gasteiger partial charge in [-0.1, -0.05) is 36.0 Å². The molecule has 142 valence electrons. The van der Waals surface area contributed by atoms with Crippen molar-refractivity contribution in [2.45, 2.75) is 46.8 Å². The fourth-order valence-corrected chi connectivity index (χ4v) is 4.07. The van der Waals surface area contributed by atoms with Crippen LogP contribution in [0.15, 0.2) is 41.2 Å². The summed E-state index contributed by atoms with van der Waals surface area (Å²) in [7, 11) is 0. The van der Waals surface area contributed by atoms with E-state index in [1.54, 1.807) is 4.57 Å². The molecule has 0 saturated heterocycles. The first-order valence-corrected chi connectivity index (χ1v) is 9.92. The van der Waals surface area contributed by atoms with Crippen LogP contribution in [0.5, 0.6) is 5.75 Å². The predicted octanol–water partition coefficient (Wildman–Crippen LogP) is 4.50. The summed E-state index contributed by atoms with van der Waals surface area (Å²) in [6.45, 7) is 8.49. The number of thiazole rings is 1. The molecular weight excluding hydrogens is 360 g/mol. The average Bonchev–Trinajstić information content (AvgIpc) is 2.95. The number of fused-ring (bicyclic) bond motifs is 1. The first kappa shape index (κ1) is 19.2. The van der Waals surface area contributed by atoms with E-state index in [1.807, 2.05) is 64.1 Å². The molecule has 1 unspecified atom stereocenters. The summed E-state index contributed by atoms with van der Waals surface area (Å²) in [5.41, 5.74) is 3.72. The molecule has 3 rings (SSSR count). The highest BCUT2D eigenvalue weighted by atomic mass is 32.1. The fraction of sp³-hybridized carbons (Fsp3) is 0.333. The van der Waals surface area contributed by atoms with Gasteiger partial charge in [0.05, 0.1) is 10.2 Å². The molecule has 1 aromatic heterocycles. The van der Waals surface area contributed by atoms with Gasteiger partial charge >= 0.3 is 4.87 Å². The van der Waals surface area contributed by atoms with Crippen molar-refractivity contribution in [3.63, 3.8) is 0 Å². The number of carbonyl (C=O) groups excluding carboxylic acids is 1. The zero-order chi connectivity index (χ0) is 19.6. The fourth-order valence-electron chi connectivity index (χ4n) is 3.07. The SMILES string of the molecule is CCC(Oc1ccc(C)cc1C)C(=O)Nc1ccc2c(c1)sc(=O)n2CC. The van der Waals surface area contributed by atoms with Gasteiger partial charge in [0.15, 0.2) is 6.10 Å². The molecule has 0 spiro atoms. The second kappa shape index (κ2) is 7.96. The quantitative estimate of drug-likeness (QED) is 0.681. The Morgan fingerprint density at radius 3 is 2.63 bits per heavy atom. The van der Waals surface area contributed by atoms with Crippen LogP contribution in [0.25, 0.3) is 10.2 Å². The number of anilines is 1. The van der Waals surface area contributed by atoms with Crippen molar-refractivity contribution in [2.24, 2.45) is 0 Å². The summed E-state index contributed by atoms with van der Waals surface area (Å²) < 4.78 is 8.54. The number of benzene rings is 2. The second-order valence-electron chi connectivity index (χ2n) is 6.57. The Morgan fingerprint density at radius 2 is 1.96 bits per heavy atom. The van der Waals surface area contributed by atoms with Gasteiger partial charge in [0.1, 0.15) is 5.75 Å². The Morgan fingerprint density at radius 1 is 1.19 bits per heavy atom. The highest BCUT2D eigenvalue weighted by Crippen LogP contribution is 2.24. The molecule has 0 radical (unpaired) electrons. The van der Waals surface area contributed by atoms with Crippen LogP contribution in [-0.4, -0.2) is 16.6 Å². The third-order valence-electron chi connectivity index (χ3n) is 4.51. The number of ether oxygens (including phenoxy) is 1. The van der Waals surface area contributed by atoms with Crippen LogP contribution in [-0.2, 0) is 11.3 Å². The maximum atomic E-state index is 12.7. The van der Waals surface area contributed by atoms with Crippen molar-refractivity contribution in [1.29, 1.82) is 0 Å². The summed E-state index contributed by atoms with van der Waals surface area (Å²) in [4.78, 5) is 24.7. The van der Waals surface area contributed by atoms with Gasteiger partial charge in [0.25, 0.3) is 5.91 Å². The van der Waals surface area contributed by atoms with E-state index >= 15 is 0 Å². The van der Waals surface area contributed by atoms with E-state index in [1.165, 1.54) is 11.3 Å². The Balaban J connectivity index is 1.78. The highest BCUT2D eigenvalue weighted by Gasteiger charge is 2.20. The number of aromatic nitrogens is 1. The second-order valence-corrected chi connectivity index (χ2v) is 7.56. The van der Waals surface area contributed by atoms with E-state index in [-0.39, 0.29) is 10.8 Å². The average molecular weight is 385 g/mol. The maximum Gasteiger partial charge on any atom is 0.308 e. The molecule has 1 atom stereocenters. The molecule has 0 aliphatic rings. The highest BCUT2D eigenvalue weighted by molar-refractivity contribution is 7.16. The molecular formula is C21H24N2O3S. The molecule has 1 N–H and O–H groups in total. The molecule has 0 aliphatic carbocycles. The van der Waals surface area contributed by atoms with Gasteiger partial charge < -0.3 is 10.1 Å². The van der Waals surface area contributed by atoms with E-state index < -0.39 is 6.10 Å². The van der Waals surface area contributed by atoms with Gasteiger partial charge in [-0.3, -0.25) is 14.2 Å². The minimum Gasteiger partial charge on any atom is -0.480 e. The van der Waals surface area contributed by atoms with Gasteiger partial charge in [-0.15, -0.1) is 0 Å². The zero-order valence-electron chi connectivity index (χ0n) is 16.0. The molecule has 1 amide bonds. The van der Waals surface area contributed by atoms with Gasteiger partial charge in [-0.2, -0.15) is 0 Å². The predicted molar refractivity (Wildman–Crippen MR) is 111 cm³/mol. The lowest BCUT2D eigenvalue weighted by Crippen LogP contribution is -2.32. The number of amides is 1. The molecule has 0 aliphatic heterocycles. The van der Waals surface area contributed by atoms with Crippen LogP contribution >= 0.6 is 11.3 Å². The van der Waals surface area contributed by atoms with E-state index in [9.17, 15) is 9.59 Å². The monoisotopic (exact) mass is 384 g/mol. The van der Waals surface area contributed by atoms with E-state index in [2.05, 4.69) is 5.32 Å². The first-order chi connectivity index (χ1) is 12.9. The third kappa shape index (κ3) is 4.06. The van der Waals surface area contributed by atoms with Crippen molar-refractivity contribution in [3.8, 4) is 5.75 Å². The summed E-state index contributed by atoms with van der Waals surface area (Å²) in [5, 5.41) is 2.91. The number of nitrogens with one attached hydrogen (secondary N) is 1. The number of hydrogen-bond donors (Lipinski definition) is 1. The standard InChI is InChI=1S/C21H24N2O3S/c1-5-17(26-18-10-7-13(3)11-14(18)4)20(24)22-15-8-9-16-19(12-15)27-21(25)23(16)6-2/h7-12,17H,5-6H2,1-4H3,(H,22,24). The van der Waals surface area contributed by atoms with E-state index in [0.717, 1.165) is 27.1 Å². The molecule has 3 aromatic rings. The Bertz CT molecular complexity index is 1040. The van der Waals surface area contributed by atoms with Crippen LogP contribution in [0, 0.1) is 13.8 Å². The lowest BCUT2D eigenvalue weighted by Gasteiger charge is -2.19. The lowest BCUT2D eigenvalue weighted by atomic mass is 10.1. The number of hydrogen-bond acceptors (Lipinski definition) is 4. The van der Waals surface area contributed by atoms with Crippen LogP contribution in [0.4, 0.5) is 5.69 Å². The molecule has 6 heteroatoms. The van der Waals surface area contributed by atoms with E-state index in [4.69, 9.17) is 4.74 Å². The van der Waals surface area contributed by atoms with Gasteiger partial charge in [0, 0.05) is 12.2 Å². The Labute approximate surface area is 162 Å². The van der Waals surface area contributed by atoms with Gasteiger partial charge in [0.2, 0.25) is 0 Å². The molecule has 5 nitrogen and oxygen atoms in total. The van der Waals surface area contributed by atoms with Crippen molar-refractivity contribution < 1.29 is 9.53 Å². The lowest BCUT2D eigenvalue weighted by molar-refractivity contribution is -0.122. The first-order valence-electron chi connectivity index (χ1n) is 9.11.